The molecule has 0 aromatic heterocycles. The normalized spacial score (nSPS) is 14.8. The number of hydrogen-bond acceptors (Lipinski definition) is 5. The number of ether oxygens (including phenoxy) is 3. The molecule has 1 N–H and O–H groups in total. The molecule has 140 valence electrons. The lowest BCUT2D eigenvalue weighted by Gasteiger charge is -2.10. The van der Waals surface area contributed by atoms with Crippen molar-refractivity contribution in [2.24, 2.45) is 0 Å². The molecule has 0 saturated heterocycles. The fourth-order valence-electron chi connectivity index (χ4n) is 3.09. The molecule has 1 aliphatic rings. The number of rotatable bonds is 7. The number of ketones is 1. The Morgan fingerprint density at radius 1 is 1.15 bits per heavy atom. The number of Topliss-reactive ketones (excluding diaryl/α,β-unsaturated/α-hetero) is 1. The lowest BCUT2D eigenvalue weighted by atomic mass is 10.0. The molecular formula is C21H26O5. The van der Waals surface area contributed by atoms with E-state index in [1.807, 2.05) is 19.1 Å². The highest BCUT2D eigenvalue weighted by Gasteiger charge is 2.18. The molecule has 0 aliphatic heterocycles. The van der Waals surface area contributed by atoms with Crippen LogP contribution in [0.1, 0.15) is 37.3 Å². The van der Waals surface area contributed by atoms with Crippen LogP contribution in [0.3, 0.4) is 0 Å². The monoisotopic (exact) mass is 358 g/mol. The minimum atomic E-state index is 0.0364. The third kappa shape index (κ3) is 4.28. The van der Waals surface area contributed by atoms with Crippen LogP contribution in [0, 0.1) is 0 Å². The van der Waals surface area contributed by atoms with Crippen molar-refractivity contribution in [3.63, 3.8) is 0 Å². The van der Waals surface area contributed by atoms with E-state index in [0.29, 0.717) is 30.1 Å². The van der Waals surface area contributed by atoms with E-state index in [2.05, 4.69) is 0 Å². The summed E-state index contributed by atoms with van der Waals surface area (Å²) in [7, 11) is 4.65. The number of carbonyl (C=O) groups is 1. The number of allylic oxidation sites excluding steroid dienone is 3. The number of hydrogen-bond donors (Lipinski definition) is 1. The van der Waals surface area contributed by atoms with E-state index in [4.69, 9.17) is 14.2 Å². The van der Waals surface area contributed by atoms with Crippen molar-refractivity contribution in [2.45, 2.75) is 32.6 Å². The quantitative estimate of drug-likeness (QED) is 0.586. The summed E-state index contributed by atoms with van der Waals surface area (Å²) in [5, 5.41) is 10.3. The summed E-state index contributed by atoms with van der Waals surface area (Å²) >= 11 is 0. The van der Waals surface area contributed by atoms with Crippen molar-refractivity contribution in [3.05, 3.63) is 52.5 Å². The van der Waals surface area contributed by atoms with E-state index in [0.717, 1.165) is 23.1 Å². The molecule has 5 nitrogen and oxygen atoms in total. The van der Waals surface area contributed by atoms with Crippen LogP contribution in [-0.2, 0) is 20.7 Å². The summed E-state index contributed by atoms with van der Waals surface area (Å²) in [6.45, 7) is 1.85. The van der Waals surface area contributed by atoms with E-state index >= 15 is 0 Å². The van der Waals surface area contributed by atoms with Crippen LogP contribution in [0.4, 0.5) is 0 Å². The number of aromatic hydroxyl groups is 1. The van der Waals surface area contributed by atoms with E-state index in [9.17, 15) is 9.90 Å². The Kier molecular flexibility index (Phi) is 6.89. The molecule has 0 unspecified atom stereocenters. The highest BCUT2D eigenvalue weighted by molar-refractivity contribution is 6.00. The van der Waals surface area contributed by atoms with Crippen LogP contribution < -0.4 is 4.74 Å². The Bertz CT molecular complexity index is 756. The van der Waals surface area contributed by atoms with Crippen LogP contribution in [0.25, 0.3) is 6.08 Å². The molecule has 1 aromatic carbocycles. The third-order valence-electron chi connectivity index (χ3n) is 4.48. The number of benzene rings is 1. The van der Waals surface area contributed by atoms with Gasteiger partial charge >= 0.3 is 0 Å². The van der Waals surface area contributed by atoms with Gasteiger partial charge in [-0.2, -0.15) is 0 Å². The molecule has 0 radical (unpaired) electrons. The van der Waals surface area contributed by atoms with Crippen molar-refractivity contribution < 1.29 is 24.1 Å². The maximum Gasteiger partial charge on any atom is 0.162 e. The maximum atomic E-state index is 12.7. The lowest BCUT2D eigenvalue weighted by Crippen LogP contribution is -2.03. The molecule has 0 spiro atoms. The molecule has 0 heterocycles. The number of carbonyl (C=O) groups excluding carboxylic acids is 1. The summed E-state index contributed by atoms with van der Waals surface area (Å²) in [5.41, 5.74) is 2.45. The second-order valence-corrected chi connectivity index (χ2v) is 5.96. The minimum Gasteiger partial charge on any atom is -0.504 e. The minimum absolute atomic E-state index is 0.0364. The summed E-state index contributed by atoms with van der Waals surface area (Å²) in [6, 6.07) is 3.60. The maximum absolute atomic E-state index is 12.7. The molecule has 5 heteroatoms. The molecule has 0 atom stereocenters. The zero-order chi connectivity index (χ0) is 19.1. The fraction of sp³-hybridized carbons (Fsp3) is 0.381. The molecule has 2 rings (SSSR count). The summed E-state index contributed by atoms with van der Waals surface area (Å²) < 4.78 is 15.7. The summed E-state index contributed by atoms with van der Waals surface area (Å²) in [4.78, 5) is 12.7. The SMILES string of the molecule is C/C=C(OC)\C(=C/CC(=O)C1=Cc2ccc(OC)c(O)c2CCC1)OC. The van der Waals surface area contributed by atoms with Gasteiger partial charge in [0.15, 0.2) is 28.8 Å². The number of phenols is 1. The Morgan fingerprint density at radius 3 is 2.50 bits per heavy atom. The van der Waals surface area contributed by atoms with Crippen LogP contribution in [-0.4, -0.2) is 32.2 Å². The Labute approximate surface area is 154 Å². The predicted octanol–water partition coefficient (Wildman–Crippen LogP) is 4.16. The van der Waals surface area contributed by atoms with Crippen molar-refractivity contribution >= 4 is 11.9 Å². The third-order valence-corrected chi connectivity index (χ3v) is 4.48. The first-order chi connectivity index (χ1) is 12.5. The largest absolute Gasteiger partial charge is 0.504 e. The smallest absolute Gasteiger partial charge is 0.162 e. The van der Waals surface area contributed by atoms with Gasteiger partial charge in [0.1, 0.15) is 0 Å². The Morgan fingerprint density at radius 2 is 1.88 bits per heavy atom. The molecule has 1 aromatic rings. The van der Waals surface area contributed by atoms with Crippen LogP contribution in [0.5, 0.6) is 11.5 Å². The zero-order valence-electron chi connectivity index (χ0n) is 15.8. The predicted molar refractivity (Wildman–Crippen MR) is 101 cm³/mol. The molecule has 0 amide bonds. The van der Waals surface area contributed by atoms with Gasteiger partial charge in [0.2, 0.25) is 0 Å². The van der Waals surface area contributed by atoms with Gasteiger partial charge in [0.05, 0.1) is 21.3 Å². The average Bonchev–Trinajstić information content (AvgIpc) is 2.88. The molecule has 0 fully saturated rings. The van der Waals surface area contributed by atoms with Gasteiger partial charge in [-0.1, -0.05) is 6.07 Å². The number of phenolic OH excluding ortho intramolecular Hbond substituents is 1. The van der Waals surface area contributed by atoms with Gasteiger partial charge in [-0.3, -0.25) is 4.79 Å². The van der Waals surface area contributed by atoms with Gasteiger partial charge in [0, 0.05) is 12.0 Å². The van der Waals surface area contributed by atoms with Gasteiger partial charge in [-0.25, -0.2) is 0 Å². The Hall–Kier alpha value is -2.69. The highest BCUT2D eigenvalue weighted by Crippen LogP contribution is 2.36. The molecule has 0 bridgehead atoms. The van der Waals surface area contributed by atoms with Gasteiger partial charge in [0.25, 0.3) is 0 Å². The first kappa shape index (κ1) is 19.6. The van der Waals surface area contributed by atoms with Gasteiger partial charge in [-0.05, 0) is 61.6 Å². The highest BCUT2D eigenvalue weighted by atomic mass is 16.5. The van der Waals surface area contributed by atoms with E-state index in [1.165, 1.54) is 7.11 Å². The fourth-order valence-corrected chi connectivity index (χ4v) is 3.09. The lowest BCUT2D eigenvalue weighted by molar-refractivity contribution is -0.114. The number of methoxy groups -OCH3 is 3. The van der Waals surface area contributed by atoms with Crippen molar-refractivity contribution in [3.8, 4) is 11.5 Å². The van der Waals surface area contributed by atoms with E-state index in [1.54, 1.807) is 32.4 Å². The molecule has 0 saturated carbocycles. The van der Waals surface area contributed by atoms with Crippen molar-refractivity contribution in [2.75, 3.05) is 21.3 Å². The topological polar surface area (TPSA) is 65.0 Å². The second kappa shape index (κ2) is 9.13. The van der Waals surface area contributed by atoms with Crippen LogP contribution >= 0.6 is 0 Å². The van der Waals surface area contributed by atoms with Crippen molar-refractivity contribution in [1.82, 2.24) is 0 Å². The summed E-state index contributed by atoms with van der Waals surface area (Å²) in [6.07, 6.45) is 7.80. The molecule has 1 aliphatic carbocycles. The molecule has 26 heavy (non-hydrogen) atoms. The van der Waals surface area contributed by atoms with Gasteiger partial charge in [-0.15, -0.1) is 0 Å². The first-order valence-corrected chi connectivity index (χ1v) is 8.63. The summed E-state index contributed by atoms with van der Waals surface area (Å²) in [5.74, 6) is 1.79. The van der Waals surface area contributed by atoms with Gasteiger partial charge < -0.3 is 19.3 Å². The standard InChI is InChI=1S/C21H26O5/c1-5-18(24-2)19(25-3)12-10-17(22)15-7-6-8-16-14(13-15)9-11-20(26-4)21(16)23/h5,9,11-13,23H,6-8,10H2,1-4H3/b18-5+,19-12+. The van der Waals surface area contributed by atoms with E-state index in [-0.39, 0.29) is 18.0 Å². The van der Waals surface area contributed by atoms with Crippen LogP contribution in [0.15, 0.2) is 41.4 Å². The van der Waals surface area contributed by atoms with Crippen LogP contribution in [0.2, 0.25) is 0 Å². The van der Waals surface area contributed by atoms with Crippen molar-refractivity contribution in [1.29, 1.82) is 0 Å². The average molecular weight is 358 g/mol. The van der Waals surface area contributed by atoms with E-state index < -0.39 is 0 Å². The second-order valence-electron chi connectivity index (χ2n) is 5.96. The molecular weight excluding hydrogens is 332 g/mol. The zero-order valence-corrected chi connectivity index (χ0v) is 15.8. The first-order valence-electron chi connectivity index (χ1n) is 8.63. The number of fused-ring (bicyclic) bond motifs is 1. The Balaban J connectivity index is 2.25.